The zero-order valence-electron chi connectivity index (χ0n) is 14.9. The lowest BCUT2D eigenvalue weighted by Crippen LogP contribution is -1.96. The van der Waals surface area contributed by atoms with Gasteiger partial charge in [-0.1, -0.05) is 97.3 Å². The van der Waals surface area contributed by atoms with E-state index in [0.29, 0.717) is 5.92 Å². The average molecular weight is 308 g/mol. The molecule has 1 aromatic heterocycles. The van der Waals surface area contributed by atoms with E-state index in [1.165, 1.54) is 89.9 Å². The van der Waals surface area contributed by atoms with Crippen LogP contribution in [0.1, 0.15) is 115 Å². The number of aromatic amines is 1. The van der Waals surface area contributed by atoms with Crippen molar-refractivity contribution >= 4 is 0 Å². The van der Waals surface area contributed by atoms with Crippen molar-refractivity contribution in [1.82, 2.24) is 15.2 Å². The van der Waals surface area contributed by atoms with E-state index in [4.69, 9.17) is 0 Å². The second-order valence-electron chi connectivity index (χ2n) is 6.80. The molecule has 0 aliphatic carbocycles. The van der Waals surface area contributed by atoms with Crippen LogP contribution in [0, 0.1) is 0 Å². The van der Waals surface area contributed by atoms with E-state index in [1.807, 2.05) is 0 Å². The molecule has 3 nitrogen and oxygen atoms in total. The molecule has 1 N–H and O–H groups in total. The summed E-state index contributed by atoms with van der Waals surface area (Å²) in [7, 11) is 0. The molecular formula is C19H37N3. The highest BCUT2D eigenvalue weighted by Crippen LogP contribution is 2.19. The van der Waals surface area contributed by atoms with Gasteiger partial charge in [-0.2, -0.15) is 5.10 Å². The van der Waals surface area contributed by atoms with Crippen molar-refractivity contribution in [3.05, 3.63) is 12.2 Å². The molecule has 0 spiro atoms. The van der Waals surface area contributed by atoms with Crippen LogP contribution in [-0.2, 0) is 0 Å². The van der Waals surface area contributed by atoms with Gasteiger partial charge in [0.2, 0.25) is 0 Å². The molecule has 3 heteroatoms. The number of hydrogen-bond donors (Lipinski definition) is 1. The first-order valence-corrected chi connectivity index (χ1v) is 9.69. The summed E-state index contributed by atoms with van der Waals surface area (Å²) >= 11 is 0. The molecule has 128 valence electrons. The molecule has 1 unspecified atom stereocenters. The molecule has 22 heavy (non-hydrogen) atoms. The molecule has 0 saturated heterocycles. The van der Waals surface area contributed by atoms with E-state index >= 15 is 0 Å². The van der Waals surface area contributed by atoms with E-state index in [1.54, 1.807) is 6.33 Å². The minimum absolute atomic E-state index is 0.523. The van der Waals surface area contributed by atoms with Gasteiger partial charge in [0, 0.05) is 5.92 Å². The first-order chi connectivity index (χ1) is 10.8. The normalized spacial score (nSPS) is 12.6. The van der Waals surface area contributed by atoms with Crippen molar-refractivity contribution in [2.24, 2.45) is 0 Å². The minimum atomic E-state index is 0.523. The standard InChI is InChI=1S/C19H37N3/c1-3-4-5-6-7-8-9-10-11-12-13-14-15-16-18(2)19-20-17-21-22-19/h17-18H,3-16H2,1-2H3,(H,20,21,22). The molecule has 0 fully saturated rings. The van der Waals surface area contributed by atoms with Gasteiger partial charge in [-0.25, -0.2) is 4.98 Å². The van der Waals surface area contributed by atoms with Gasteiger partial charge in [0.1, 0.15) is 12.2 Å². The molecule has 1 aromatic rings. The Balaban J connectivity index is 1.76. The van der Waals surface area contributed by atoms with Crippen molar-refractivity contribution in [1.29, 1.82) is 0 Å². The zero-order valence-corrected chi connectivity index (χ0v) is 14.9. The predicted molar refractivity (Wildman–Crippen MR) is 95.1 cm³/mol. The van der Waals surface area contributed by atoms with Gasteiger partial charge in [0.15, 0.2) is 0 Å². The summed E-state index contributed by atoms with van der Waals surface area (Å²) in [5, 5.41) is 6.89. The molecular weight excluding hydrogens is 270 g/mol. The first-order valence-electron chi connectivity index (χ1n) is 9.69. The molecule has 0 radical (unpaired) electrons. The van der Waals surface area contributed by atoms with E-state index in [0.717, 1.165) is 5.82 Å². The molecule has 0 amide bonds. The Morgan fingerprint density at radius 2 is 1.32 bits per heavy atom. The molecule has 0 aliphatic heterocycles. The molecule has 0 saturated carbocycles. The largest absolute Gasteiger partial charge is 0.263 e. The van der Waals surface area contributed by atoms with Crippen molar-refractivity contribution in [3.8, 4) is 0 Å². The highest BCUT2D eigenvalue weighted by atomic mass is 15.2. The maximum atomic E-state index is 4.23. The summed E-state index contributed by atoms with van der Waals surface area (Å²) in [5.41, 5.74) is 0. The van der Waals surface area contributed by atoms with Crippen LogP contribution in [0.25, 0.3) is 0 Å². The van der Waals surface area contributed by atoms with Crippen molar-refractivity contribution < 1.29 is 0 Å². The summed E-state index contributed by atoms with van der Waals surface area (Å²) in [6.45, 7) is 4.52. The fourth-order valence-electron chi connectivity index (χ4n) is 3.06. The summed E-state index contributed by atoms with van der Waals surface area (Å²) < 4.78 is 0. The minimum Gasteiger partial charge on any atom is -0.263 e. The molecule has 1 heterocycles. The Kier molecular flexibility index (Phi) is 12.0. The summed E-state index contributed by atoms with van der Waals surface area (Å²) in [6.07, 6.45) is 21.3. The fourth-order valence-corrected chi connectivity index (χ4v) is 3.06. The van der Waals surface area contributed by atoms with Crippen LogP contribution in [0.4, 0.5) is 0 Å². The summed E-state index contributed by atoms with van der Waals surface area (Å²) in [5.74, 6) is 1.56. The lowest BCUT2D eigenvalue weighted by Gasteiger charge is -2.07. The smallest absolute Gasteiger partial charge is 0.137 e. The SMILES string of the molecule is CCCCCCCCCCCCCCCC(C)c1ncn[nH]1. The maximum Gasteiger partial charge on any atom is 0.137 e. The zero-order chi connectivity index (χ0) is 15.9. The lowest BCUT2D eigenvalue weighted by atomic mass is 10.0. The maximum absolute atomic E-state index is 4.23. The molecule has 0 aliphatic rings. The molecule has 0 aromatic carbocycles. The number of aromatic nitrogens is 3. The number of rotatable bonds is 15. The van der Waals surface area contributed by atoms with Gasteiger partial charge in [0.25, 0.3) is 0 Å². The van der Waals surface area contributed by atoms with Gasteiger partial charge in [-0.05, 0) is 6.42 Å². The second-order valence-corrected chi connectivity index (χ2v) is 6.80. The van der Waals surface area contributed by atoms with Crippen molar-refractivity contribution in [2.45, 2.75) is 110 Å². The van der Waals surface area contributed by atoms with Crippen LogP contribution in [0.5, 0.6) is 0 Å². The van der Waals surface area contributed by atoms with E-state index < -0.39 is 0 Å². The quantitative estimate of drug-likeness (QED) is 0.381. The highest BCUT2D eigenvalue weighted by molar-refractivity contribution is 4.89. The Morgan fingerprint density at radius 3 is 1.77 bits per heavy atom. The van der Waals surface area contributed by atoms with Crippen LogP contribution in [-0.4, -0.2) is 15.2 Å². The topological polar surface area (TPSA) is 41.6 Å². The Morgan fingerprint density at radius 1 is 0.818 bits per heavy atom. The number of hydrogen-bond acceptors (Lipinski definition) is 2. The lowest BCUT2D eigenvalue weighted by molar-refractivity contribution is 0.522. The molecule has 1 atom stereocenters. The van der Waals surface area contributed by atoms with Crippen molar-refractivity contribution in [2.75, 3.05) is 0 Å². The van der Waals surface area contributed by atoms with Crippen LogP contribution in [0.3, 0.4) is 0 Å². The fraction of sp³-hybridized carbons (Fsp3) is 0.895. The first kappa shape index (κ1) is 19.2. The van der Waals surface area contributed by atoms with E-state index in [-0.39, 0.29) is 0 Å². The number of H-pyrrole nitrogens is 1. The van der Waals surface area contributed by atoms with Gasteiger partial charge >= 0.3 is 0 Å². The van der Waals surface area contributed by atoms with Gasteiger partial charge in [0.05, 0.1) is 0 Å². The summed E-state index contributed by atoms with van der Waals surface area (Å²) in [4.78, 5) is 4.23. The highest BCUT2D eigenvalue weighted by Gasteiger charge is 2.07. The van der Waals surface area contributed by atoms with Gasteiger partial charge in [-0.3, -0.25) is 5.10 Å². The monoisotopic (exact) mass is 307 g/mol. The Bertz CT molecular complexity index is 321. The van der Waals surface area contributed by atoms with Crippen molar-refractivity contribution in [3.63, 3.8) is 0 Å². The summed E-state index contributed by atoms with van der Waals surface area (Å²) in [6, 6.07) is 0. The Hall–Kier alpha value is -0.860. The second kappa shape index (κ2) is 13.8. The number of unbranched alkanes of at least 4 members (excludes halogenated alkanes) is 12. The molecule has 0 bridgehead atoms. The van der Waals surface area contributed by atoms with Crippen LogP contribution in [0.15, 0.2) is 6.33 Å². The third kappa shape index (κ3) is 9.97. The van der Waals surface area contributed by atoms with Gasteiger partial charge in [-0.15, -0.1) is 0 Å². The third-order valence-electron chi connectivity index (χ3n) is 4.64. The number of nitrogens with zero attached hydrogens (tertiary/aromatic N) is 2. The molecule has 1 rings (SSSR count). The third-order valence-corrected chi connectivity index (χ3v) is 4.64. The average Bonchev–Trinajstić information content (AvgIpc) is 3.06. The van der Waals surface area contributed by atoms with E-state index in [2.05, 4.69) is 29.0 Å². The predicted octanol–water partition coefficient (Wildman–Crippen LogP) is 6.39. The van der Waals surface area contributed by atoms with Gasteiger partial charge < -0.3 is 0 Å². The van der Waals surface area contributed by atoms with E-state index in [9.17, 15) is 0 Å². The van der Waals surface area contributed by atoms with Crippen LogP contribution < -0.4 is 0 Å². The van der Waals surface area contributed by atoms with Crippen LogP contribution in [0.2, 0.25) is 0 Å². The Labute approximate surface area is 137 Å². The number of nitrogens with one attached hydrogen (secondary N) is 1. The van der Waals surface area contributed by atoms with Crippen LogP contribution >= 0.6 is 0 Å².